The first-order valence-electron chi connectivity index (χ1n) is 9.31. The summed E-state index contributed by atoms with van der Waals surface area (Å²) >= 11 is 0. The number of methoxy groups -OCH3 is 1. The molecule has 4 heteroatoms. The van der Waals surface area contributed by atoms with E-state index in [0.29, 0.717) is 0 Å². The van der Waals surface area contributed by atoms with Crippen molar-refractivity contribution in [2.24, 2.45) is 0 Å². The molecule has 0 aromatic carbocycles. The zero-order valence-electron chi connectivity index (χ0n) is 15.6. The Hall–Kier alpha value is -1.61. The molecule has 0 radical (unpaired) electrons. The molecule has 1 aliphatic carbocycles. The van der Waals surface area contributed by atoms with Crippen molar-refractivity contribution in [2.75, 3.05) is 7.11 Å². The quantitative estimate of drug-likeness (QED) is 0.252. The van der Waals surface area contributed by atoms with E-state index in [-0.39, 0.29) is 6.42 Å². The van der Waals surface area contributed by atoms with E-state index in [9.17, 15) is 15.0 Å². The highest BCUT2D eigenvalue weighted by molar-refractivity contribution is 5.77. The number of carbonyl (C=O) groups excluding carboxylic acids is 1. The summed E-state index contributed by atoms with van der Waals surface area (Å²) in [6, 6.07) is 0. The minimum atomic E-state index is -2.48. The van der Waals surface area contributed by atoms with Gasteiger partial charge in [-0.2, -0.15) is 0 Å². The van der Waals surface area contributed by atoms with Crippen LogP contribution >= 0.6 is 0 Å². The lowest BCUT2D eigenvalue weighted by Crippen LogP contribution is -2.38. The highest BCUT2D eigenvalue weighted by Gasteiger charge is 2.32. The summed E-state index contributed by atoms with van der Waals surface area (Å²) in [7, 11) is 1.12. The van der Waals surface area contributed by atoms with Gasteiger partial charge < -0.3 is 14.9 Å². The van der Waals surface area contributed by atoms with Crippen molar-refractivity contribution in [3.63, 3.8) is 0 Å². The van der Waals surface area contributed by atoms with Crippen molar-refractivity contribution in [3.05, 3.63) is 41.2 Å². The molecule has 140 valence electrons. The number of esters is 1. The smallest absolute Gasteiger partial charge is 0.366 e. The Morgan fingerprint density at radius 3 is 2.76 bits per heavy atom. The first-order chi connectivity index (χ1) is 12.0. The maximum atomic E-state index is 11.1. The van der Waals surface area contributed by atoms with E-state index in [4.69, 9.17) is 0 Å². The fourth-order valence-corrected chi connectivity index (χ4v) is 2.89. The van der Waals surface area contributed by atoms with Gasteiger partial charge in [-0.1, -0.05) is 43.9 Å². The van der Waals surface area contributed by atoms with E-state index >= 15 is 0 Å². The van der Waals surface area contributed by atoms with E-state index < -0.39 is 11.8 Å². The molecule has 4 nitrogen and oxygen atoms in total. The van der Waals surface area contributed by atoms with Crippen LogP contribution in [0.1, 0.15) is 71.1 Å². The molecule has 25 heavy (non-hydrogen) atoms. The highest BCUT2D eigenvalue weighted by Crippen LogP contribution is 2.29. The van der Waals surface area contributed by atoms with Gasteiger partial charge in [-0.15, -0.1) is 5.73 Å². The molecule has 1 rings (SSSR count). The zero-order chi connectivity index (χ0) is 18.5. The summed E-state index contributed by atoms with van der Waals surface area (Å²) in [6.45, 7) is 2.23. The molecule has 0 fully saturated rings. The Morgan fingerprint density at radius 1 is 1.24 bits per heavy atom. The van der Waals surface area contributed by atoms with Gasteiger partial charge in [-0.05, 0) is 56.3 Å². The summed E-state index contributed by atoms with van der Waals surface area (Å²) in [5.74, 6) is -3.54. The lowest BCUT2D eigenvalue weighted by atomic mass is 10.1. The van der Waals surface area contributed by atoms with Crippen LogP contribution in [-0.4, -0.2) is 29.1 Å². The number of carbonyl (C=O) groups is 1. The molecule has 2 N–H and O–H groups in total. The van der Waals surface area contributed by atoms with Crippen molar-refractivity contribution in [1.82, 2.24) is 0 Å². The third-order valence-corrected chi connectivity index (χ3v) is 4.41. The predicted octanol–water partition coefficient (Wildman–Crippen LogP) is 4.34. The van der Waals surface area contributed by atoms with Crippen molar-refractivity contribution in [3.8, 4) is 0 Å². The normalized spacial score (nSPS) is 14.7. The summed E-state index contributed by atoms with van der Waals surface area (Å²) in [5.41, 5.74) is 5.78. The van der Waals surface area contributed by atoms with E-state index in [1.807, 2.05) is 6.08 Å². The van der Waals surface area contributed by atoms with Crippen LogP contribution < -0.4 is 0 Å². The lowest BCUT2D eigenvalue weighted by molar-refractivity contribution is -0.205. The number of hydrogen-bond donors (Lipinski definition) is 2. The van der Waals surface area contributed by atoms with Crippen LogP contribution in [0.4, 0.5) is 0 Å². The minimum Gasteiger partial charge on any atom is -0.465 e. The molecule has 0 aliphatic heterocycles. The topological polar surface area (TPSA) is 66.8 Å². The third kappa shape index (κ3) is 8.35. The molecular weight excluding hydrogens is 316 g/mol. The monoisotopic (exact) mass is 348 g/mol. The number of ether oxygens (including phenoxy) is 1. The second-order valence-electron chi connectivity index (χ2n) is 6.53. The number of aliphatic hydroxyl groups is 2. The Balaban J connectivity index is 2.46. The molecule has 0 heterocycles. The van der Waals surface area contributed by atoms with E-state index in [0.717, 1.165) is 32.8 Å². The second-order valence-corrected chi connectivity index (χ2v) is 6.53. The fourth-order valence-electron chi connectivity index (χ4n) is 2.89. The van der Waals surface area contributed by atoms with Gasteiger partial charge in [-0.3, -0.25) is 0 Å². The van der Waals surface area contributed by atoms with E-state index in [2.05, 4.69) is 29.5 Å². The number of unbranched alkanes of at least 4 members (excludes halogenated alkanes) is 4. The fraction of sp³-hybridized carbons (Fsp3) is 0.619. The number of allylic oxidation sites excluding steroid dienone is 4. The molecule has 0 saturated heterocycles. The van der Waals surface area contributed by atoms with Crippen molar-refractivity contribution in [1.29, 1.82) is 0 Å². The van der Waals surface area contributed by atoms with E-state index in [1.165, 1.54) is 49.3 Å². The Kier molecular flexibility index (Phi) is 10.2. The predicted molar refractivity (Wildman–Crippen MR) is 99.8 cm³/mol. The van der Waals surface area contributed by atoms with Crippen molar-refractivity contribution >= 4 is 5.97 Å². The average Bonchev–Trinajstić information content (AvgIpc) is 3.04. The van der Waals surface area contributed by atoms with Crippen LogP contribution in [0, 0.1) is 0 Å². The number of hydrogen-bond acceptors (Lipinski definition) is 4. The summed E-state index contributed by atoms with van der Waals surface area (Å²) in [6.07, 6.45) is 18.2. The Morgan fingerprint density at radius 2 is 2.04 bits per heavy atom. The maximum absolute atomic E-state index is 11.1. The van der Waals surface area contributed by atoms with Gasteiger partial charge >= 0.3 is 5.97 Å². The van der Waals surface area contributed by atoms with Crippen LogP contribution in [0.25, 0.3) is 0 Å². The summed E-state index contributed by atoms with van der Waals surface area (Å²) in [5, 5.41) is 19.0. The van der Waals surface area contributed by atoms with Gasteiger partial charge in [0.05, 0.1) is 7.11 Å². The lowest BCUT2D eigenvalue weighted by Gasteiger charge is -2.15. The SMILES string of the molecule is CCCCCCC=CC1=C(CC=C=CCC(O)(O)C(=O)OC)CCC1. The molecule has 0 atom stereocenters. The van der Waals surface area contributed by atoms with Crippen LogP contribution in [0.2, 0.25) is 0 Å². The Bertz CT molecular complexity index is 534. The van der Waals surface area contributed by atoms with Gasteiger partial charge in [0.15, 0.2) is 0 Å². The van der Waals surface area contributed by atoms with Crippen LogP contribution in [0.15, 0.2) is 41.2 Å². The van der Waals surface area contributed by atoms with Crippen LogP contribution in [0.3, 0.4) is 0 Å². The van der Waals surface area contributed by atoms with Crippen molar-refractivity contribution in [2.45, 2.75) is 76.9 Å². The van der Waals surface area contributed by atoms with E-state index in [1.54, 1.807) is 0 Å². The van der Waals surface area contributed by atoms with Crippen molar-refractivity contribution < 1.29 is 19.7 Å². The zero-order valence-corrected chi connectivity index (χ0v) is 15.6. The third-order valence-electron chi connectivity index (χ3n) is 4.41. The van der Waals surface area contributed by atoms with Gasteiger partial charge in [0.25, 0.3) is 5.79 Å². The van der Waals surface area contributed by atoms with Crippen LogP contribution in [0.5, 0.6) is 0 Å². The molecule has 0 saturated carbocycles. The van der Waals surface area contributed by atoms with Crippen LogP contribution in [-0.2, 0) is 9.53 Å². The standard InChI is InChI=1S/C21H32O4/c1-3-4-5-6-7-9-13-18-15-12-16-19(18)14-10-8-11-17-21(23,24)20(22)25-2/h9-11,13,23-24H,3-7,12,14-17H2,1-2H3. The average molecular weight is 348 g/mol. The maximum Gasteiger partial charge on any atom is 0.366 e. The first kappa shape index (κ1) is 21.4. The first-order valence-corrected chi connectivity index (χ1v) is 9.31. The van der Waals surface area contributed by atoms with Gasteiger partial charge in [0.1, 0.15) is 0 Å². The van der Waals surface area contributed by atoms with Gasteiger partial charge in [0, 0.05) is 6.42 Å². The molecular formula is C21H32O4. The Labute approximate surface area is 151 Å². The molecule has 0 unspecified atom stereocenters. The molecule has 0 aromatic heterocycles. The van der Waals surface area contributed by atoms with Gasteiger partial charge in [-0.25, -0.2) is 4.79 Å². The second kappa shape index (κ2) is 11.9. The molecule has 0 bridgehead atoms. The highest BCUT2D eigenvalue weighted by atomic mass is 16.6. The molecule has 0 amide bonds. The summed E-state index contributed by atoms with van der Waals surface area (Å²) < 4.78 is 4.32. The summed E-state index contributed by atoms with van der Waals surface area (Å²) in [4.78, 5) is 11.1. The van der Waals surface area contributed by atoms with Gasteiger partial charge in [0.2, 0.25) is 0 Å². The molecule has 1 aliphatic rings. The molecule has 0 spiro atoms. The number of rotatable bonds is 11. The largest absolute Gasteiger partial charge is 0.465 e. The minimum absolute atomic E-state index is 0.236. The molecule has 0 aromatic rings.